The first-order valence-corrected chi connectivity index (χ1v) is 13.3. The molecule has 1 atom stereocenters. The summed E-state index contributed by atoms with van der Waals surface area (Å²) < 4.78 is 12.0. The SMILES string of the molecule is C/C=C/c1ccc(/C=C/c2sc(/C=N/N(CC3CS3)c3ccccc3)c3c2OCCO3)s1. The average molecular weight is 481 g/mol. The van der Waals surface area contributed by atoms with Crippen LogP contribution in [0.2, 0.25) is 0 Å². The number of thioether (sulfide) groups is 1. The Bertz CT molecular complexity index is 1140. The topological polar surface area (TPSA) is 34.1 Å². The summed E-state index contributed by atoms with van der Waals surface area (Å²) in [4.78, 5) is 4.52. The van der Waals surface area contributed by atoms with Crippen molar-refractivity contribution in [2.45, 2.75) is 12.2 Å². The molecule has 32 heavy (non-hydrogen) atoms. The van der Waals surface area contributed by atoms with Gasteiger partial charge < -0.3 is 9.47 Å². The molecule has 4 heterocycles. The Labute approximate surface area is 200 Å². The second kappa shape index (κ2) is 9.98. The van der Waals surface area contributed by atoms with Crippen LogP contribution in [0.15, 0.2) is 53.6 Å². The third-order valence-corrected chi connectivity index (χ3v) is 8.00. The first-order chi connectivity index (χ1) is 15.8. The van der Waals surface area contributed by atoms with Gasteiger partial charge in [-0.15, -0.1) is 22.7 Å². The summed E-state index contributed by atoms with van der Waals surface area (Å²) in [6.45, 7) is 4.08. The number of fused-ring (bicyclic) bond motifs is 1. The van der Waals surface area contributed by atoms with E-state index in [1.54, 1.807) is 22.7 Å². The normalized spacial score (nSPS) is 17.6. The molecule has 2 aromatic heterocycles. The fraction of sp³-hybridized carbons (Fsp3) is 0.240. The van der Waals surface area contributed by atoms with Crippen molar-refractivity contribution in [1.82, 2.24) is 0 Å². The molecule has 1 unspecified atom stereocenters. The maximum atomic E-state index is 5.99. The number of para-hydroxylation sites is 1. The zero-order valence-electron chi connectivity index (χ0n) is 17.8. The molecular weight excluding hydrogens is 456 g/mol. The maximum absolute atomic E-state index is 5.99. The molecule has 0 amide bonds. The van der Waals surface area contributed by atoms with Gasteiger partial charge in [-0.1, -0.05) is 24.3 Å². The van der Waals surface area contributed by atoms with Gasteiger partial charge in [0.25, 0.3) is 0 Å². The number of anilines is 1. The number of rotatable bonds is 8. The molecule has 3 aromatic rings. The van der Waals surface area contributed by atoms with Crippen LogP contribution in [0.4, 0.5) is 5.69 Å². The molecule has 0 spiro atoms. The second-order valence-corrected chi connectivity index (χ2v) is 10.9. The minimum absolute atomic E-state index is 0.562. The highest BCUT2D eigenvalue weighted by atomic mass is 32.2. The first-order valence-electron chi connectivity index (χ1n) is 10.6. The van der Waals surface area contributed by atoms with Crippen molar-refractivity contribution in [3.05, 3.63) is 68.0 Å². The van der Waals surface area contributed by atoms with Crippen molar-refractivity contribution < 1.29 is 9.47 Å². The van der Waals surface area contributed by atoms with E-state index in [1.807, 2.05) is 31.0 Å². The van der Waals surface area contributed by atoms with Crippen molar-refractivity contribution >= 4 is 64.6 Å². The van der Waals surface area contributed by atoms with E-state index in [4.69, 9.17) is 14.6 Å². The van der Waals surface area contributed by atoms with Crippen molar-refractivity contribution in [1.29, 1.82) is 0 Å². The van der Waals surface area contributed by atoms with E-state index < -0.39 is 0 Å². The quantitative estimate of drug-likeness (QED) is 0.203. The van der Waals surface area contributed by atoms with Gasteiger partial charge in [-0.2, -0.15) is 16.9 Å². The zero-order valence-corrected chi connectivity index (χ0v) is 20.2. The van der Waals surface area contributed by atoms with E-state index in [9.17, 15) is 0 Å². The van der Waals surface area contributed by atoms with E-state index in [2.05, 4.69) is 65.7 Å². The molecule has 1 saturated heterocycles. The van der Waals surface area contributed by atoms with Gasteiger partial charge in [0.1, 0.15) is 13.2 Å². The average Bonchev–Trinajstić information content (AvgIpc) is 3.43. The Morgan fingerprint density at radius 3 is 2.38 bits per heavy atom. The van der Waals surface area contributed by atoms with Crippen LogP contribution >= 0.6 is 34.4 Å². The Balaban J connectivity index is 1.41. The number of thiophene rings is 2. The summed E-state index contributed by atoms with van der Waals surface area (Å²) in [5, 5.41) is 7.59. The standard InChI is InChI=1S/C25H24N2O2S3/c1-2-6-19-9-10-20(31-19)11-12-22-24-25(29-14-13-28-24)23(32-22)15-26-27(16-21-17-30-21)18-7-4-3-5-8-18/h2-12,15,21H,13-14,16-17H2,1H3/b6-2+,12-11+,26-15+. The lowest BCUT2D eigenvalue weighted by molar-refractivity contribution is 0.173. The van der Waals surface area contributed by atoms with Crippen molar-refractivity contribution in [2.75, 3.05) is 30.5 Å². The third kappa shape index (κ3) is 5.11. The van der Waals surface area contributed by atoms with Crippen LogP contribution in [0.3, 0.4) is 0 Å². The van der Waals surface area contributed by atoms with Gasteiger partial charge in [0.15, 0.2) is 11.5 Å². The number of hydrazone groups is 1. The van der Waals surface area contributed by atoms with Gasteiger partial charge in [0, 0.05) is 20.8 Å². The van der Waals surface area contributed by atoms with E-state index in [0.29, 0.717) is 18.5 Å². The van der Waals surface area contributed by atoms with E-state index in [1.165, 1.54) is 15.5 Å². The lowest BCUT2D eigenvalue weighted by Crippen LogP contribution is -2.21. The zero-order chi connectivity index (χ0) is 21.8. The molecule has 1 fully saturated rings. The summed E-state index contributed by atoms with van der Waals surface area (Å²) in [5.41, 5.74) is 1.11. The molecule has 1 aromatic carbocycles. The Morgan fingerprint density at radius 1 is 0.938 bits per heavy atom. The highest BCUT2D eigenvalue weighted by Gasteiger charge is 2.26. The highest BCUT2D eigenvalue weighted by molar-refractivity contribution is 8.06. The number of allylic oxidation sites excluding steroid dienone is 1. The molecule has 5 rings (SSSR count). The van der Waals surface area contributed by atoms with E-state index in [0.717, 1.165) is 33.5 Å². The number of hydrogen-bond donors (Lipinski definition) is 0. The summed E-state index contributed by atoms with van der Waals surface area (Å²) in [6, 6.07) is 14.6. The van der Waals surface area contributed by atoms with E-state index in [-0.39, 0.29) is 0 Å². The first kappa shape index (κ1) is 21.4. The highest BCUT2D eigenvalue weighted by Crippen LogP contribution is 2.44. The minimum atomic E-state index is 0.562. The predicted octanol–water partition coefficient (Wildman–Crippen LogP) is 6.74. The van der Waals surface area contributed by atoms with Crippen molar-refractivity contribution in [3.63, 3.8) is 0 Å². The summed E-state index contributed by atoms with van der Waals surface area (Å²) in [7, 11) is 0. The number of benzene rings is 1. The van der Waals surface area contributed by atoms with Crippen LogP contribution in [0.25, 0.3) is 18.2 Å². The monoisotopic (exact) mass is 480 g/mol. The van der Waals surface area contributed by atoms with Crippen LogP contribution in [-0.2, 0) is 0 Å². The van der Waals surface area contributed by atoms with Crippen molar-refractivity contribution in [2.24, 2.45) is 5.10 Å². The molecule has 4 nitrogen and oxygen atoms in total. The second-order valence-electron chi connectivity index (χ2n) is 7.38. The predicted molar refractivity (Wildman–Crippen MR) is 141 cm³/mol. The molecule has 0 radical (unpaired) electrons. The fourth-order valence-corrected chi connectivity index (χ4v) is 5.70. The Morgan fingerprint density at radius 2 is 1.66 bits per heavy atom. The fourth-order valence-electron chi connectivity index (χ4n) is 3.37. The number of hydrogen-bond acceptors (Lipinski definition) is 7. The third-order valence-electron chi connectivity index (χ3n) is 4.97. The maximum Gasteiger partial charge on any atom is 0.181 e. The molecule has 2 aliphatic heterocycles. The summed E-state index contributed by atoms with van der Waals surface area (Å²) in [6.07, 6.45) is 10.4. The van der Waals surface area contributed by atoms with Crippen molar-refractivity contribution in [3.8, 4) is 11.5 Å². The van der Waals surface area contributed by atoms with Crippen LogP contribution in [0.1, 0.15) is 26.4 Å². The lowest BCUT2D eigenvalue weighted by Gasteiger charge is -2.19. The van der Waals surface area contributed by atoms with Crippen LogP contribution in [0, 0.1) is 0 Å². The minimum Gasteiger partial charge on any atom is -0.485 e. The molecular formula is C25H24N2O2S3. The lowest BCUT2D eigenvalue weighted by atomic mass is 10.3. The molecule has 0 aliphatic carbocycles. The molecule has 0 bridgehead atoms. The Hall–Kier alpha value is -2.48. The largest absolute Gasteiger partial charge is 0.485 e. The summed E-state index contributed by atoms with van der Waals surface area (Å²) in [5.74, 6) is 2.84. The molecule has 7 heteroatoms. The van der Waals surface area contributed by atoms with Gasteiger partial charge in [0.05, 0.1) is 28.2 Å². The van der Waals surface area contributed by atoms with Gasteiger partial charge in [-0.05, 0) is 49.4 Å². The van der Waals surface area contributed by atoms with Gasteiger partial charge in [-0.3, -0.25) is 5.01 Å². The van der Waals surface area contributed by atoms with Gasteiger partial charge >= 0.3 is 0 Å². The molecule has 0 saturated carbocycles. The molecule has 0 N–H and O–H groups in total. The smallest absolute Gasteiger partial charge is 0.181 e. The van der Waals surface area contributed by atoms with E-state index >= 15 is 0 Å². The number of nitrogens with zero attached hydrogens (tertiary/aromatic N) is 2. The summed E-state index contributed by atoms with van der Waals surface area (Å²) >= 11 is 5.40. The molecule has 2 aliphatic rings. The van der Waals surface area contributed by atoms with Crippen LogP contribution in [-0.4, -0.2) is 37.0 Å². The van der Waals surface area contributed by atoms with Crippen LogP contribution < -0.4 is 14.5 Å². The van der Waals surface area contributed by atoms with Crippen LogP contribution in [0.5, 0.6) is 11.5 Å². The number of ether oxygens (including phenoxy) is 2. The van der Waals surface area contributed by atoms with Gasteiger partial charge in [0.2, 0.25) is 0 Å². The van der Waals surface area contributed by atoms with Gasteiger partial charge in [-0.25, -0.2) is 0 Å². The molecule has 164 valence electrons. The Kier molecular flexibility index (Phi) is 6.67.